The standard InChI is InChI=1S/C8H16N2/c1-4-8(10)7(5-9)6(2)3/h6-8H,4,10H2,1-3H3. The van der Waals surface area contributed by atoms with Crippen LogP contribution >= 0.6 is 0 Å². The number of nitrogens with zero attached hydrogens (tertiary/aromatic N) is 1. The molecule has 0 aromatic rings. The number of rotatable bonds is 3. The molecular weight excluding hydrogens is 124 g/mol. The van der Waals surface area contributed by atoms with Crippen LogP contribution in [0.4, 0.5) is 0 Å². The van der Waals surface area contributed by atoms with Gasteiger partial charge < -0.3 is 5.73 Å². The molecule has 0 aliphatic heterocycles. The highest BCUT2D eigenvalue weighted by atomic mass is 14.6. The van der Waals surface area contributed by atoms with Crippen molar-refractivity contribution < 1.29 is 0 Å². The van der Waals surface area contributed by atoms with E-state index in [-0.39, 0.29) is 12.0 Å². The zero-order valence-corrected chi connectivity index (χ0v) is 6.96. The van der Waals surface area contributed by atoms with Gasteiger partial charge in [-0.3, -0.25) is 0 Å². The summed E-state index contributed by atoms with van der Waals surface area (Å²) in [7, 11) is 0. The van der Waals surface area contributed by atoms with Crippen molar-refractivity contribution in [2.24, 2.45) is 17.6 Å². The molecule has 0 aliphatic carbocycles. The van der Waals surface area contributed by atoms with Crippen LogP contribution in [0.15, 0.2) is 0 Å². The van der Waals surface area contributed by atoms with Gasteiger partial charge in [0, 0.05) is 6.04 Å². The summed E-state index contributed by atoms with van der Waals surface area (Å²) in [6.07, 6.45) is 0.885. The van der Waals surface area contributed by atoms with E-state index >= 15 is 0 Å². The molecule has 0 fully saturated rings. The summed E-state index contributed by atoms with van der Waals surface area (Å²) in [5, 5.41) is 8.67. The minimum Gasteiger partial charge on any atom is -0.327 e. The Morgan fingerprint density at radius 3 is 2.10 bits per heavy atom. The molecule has 0 aromatic heterocycles. The van der Waals surface area contributed by atoms with Crippen LogP contribution in [0, 0.1) is 23.2 Å². The predicted octanol–water partition coefficient (Wildman–Crippen LogP) is 1.52. The topological polar surface area (TPSA) is 49.8 Å². The van der Waals surface area contributed by atoms with Crippen molar-refractivity contribution in [1.82, 2.24) is 0 Å². The Kier molecular flexibility index (Phi) is 4.06. The average molecular weight is 140 g/mol. The van der Waals surface area contributed by atoms with Gasteiger partial charge in [-0.25, -0.2) is 0 Å². The minimum atomic E-state index is 0.0185. The van der Waals surface area contributed by atoms with E-state index in [0.29, 0.717) is 5.92 Å². The normalized spacial score (nSPS) is 16.4. The number of nitriles is 1. The van der Waals surface area contributed by atoms with E-state index in [4.69, 9.17) is 11.0 Å². The van der Waals surface area contributed by atoms with Crippen molar-refractivity contribution in [3.05, 3.63) is 0 Å². The summed E-state index contributed by atoms with van der Waals surface area (Å²) >= 11 is 0. The van der Waals surface area contributed by atoms with Gasteiger partial charge >= 0.3 is 0 Å². The minimum absolute atomic E-state index is 0.0185. The van der Waals surface area contributed by atoms with Gasteiger partial charge in [0.2, 0.25) is 0 Å². The number of nitrogens with two attached hydrogens (primary N) is 1. The second-order valence-corrected chi connectivity index (χ2v) is 2.97. The Morgan fingerprint density at radius 1 is 1.50 bits per heavy atom. The average Bonchev–Trinajstić information content (AvgIpc) is 1.88. The summed E-state index contributed by atoms with van der Waals surface area (Å²) in [6.45, 7) is 6.07. The van der Waals surface area contributed by atoms with Gasteiger partial charge in [0.15, 0.2) is 0 Å². The van der Waals surface area contributed by atoms with E-state index in [1.54, 1.807) is 0 Å². The van der Waals surface area contributed by atoms with E-state index < -0.39 is 0 Å². The molecule has 0 spiro atoms. The number of hydrogen-bond acceptors (Lipinski definition) is 2. The van der Waals surface area contributed by atoms with Crippen molar-refractivity contribution in [2.75, 3.05) is 0 Å². The first kappa shape index (κ1) is 9.45. The first-order valence-electron chi connectivity index (χ1n) is 3.78. The first-order valence-corrected chi connectivity index (χ1v) is 3.78. The molecule has 0 rings (SSSR count). The molecule has 0 bridgehead atoms. The molecule has 0 radical (unpaired) electrons. The SMILES string of the molecule is CCC(N)C(C#N)C(C)C. The molecule has 0 amide bonds. The molecule has 2 nitrogen and oxygen atoms in total. The zero-order valence-electron chi connectivity index (χ0n) is 6.96. The van der Waals surface area contributed by atoms with Gasteiger partial charge in [0.05, 0.1) is 12.0 Å². The van der Waals surface area contributed by atoms with Crippen LogP contribution < -0.4 is 5.73 Å². The second-order valence-electron chi connectivity index (χ2n) is 2.97. The molecule has 2 unspecified atom stereocenters. The fraction of sp³-hybridized carbons (Fsp3) is 0.875. The van der Waals surface area contributed by atoms with Crippen LogP contribution in [-0.4, -0.2) is 6.04 Å². The lowest BCUT2D eigenvalue weighted by Gasteiger charge is -2.18. The van der Waals surface area contributed by atoms with Gasteiger partial charge in [0.25, 0.3) is 0 Å². The lowest BCUT2D eigenvalue weighted by Crippen LogP contribution is -2.31. The van der Waals surface area contributed by atoms with Crippen LogP contribution in [-0.2, 0) is 0 Å². The van der Waals surface area contributed by atoms with E-state index in [1.807, 2.05) is 20.8 Å². The van der Waals surface area contributed by atoms with Crippen LogP contribution in [0.2, 0.25) is 0 Å². The molecule has 0 heterocycles. The zero-order chi connectivity index (χ0) is 8.15. The predicted molar refractivity (Wildman–Crippen MR) is 42.2 cm³/mol. The van der Waals surface area contributed by atoms with Crippen molar-refractivity contribution in [3.8, 4) is 6.07 Å². The highest BCUT2D eigenvalue weighted by molar-refractivity contribution is 4.91. The first-order chi connectivity index (χ1) is 4.63. The van der Waals surface area contributed by atoms with Crippen LogP contribution in [0.25, 0.3) is 0 Å². The number of hydrogen-bond donors (Lipinski definition) is 1. The van der Waals surface area contributed by atoms with Crippen LogP contribution in [0.3, 0.4) is 0 Å². The largest absolute Gasteiger partial charge is 0.327 e. The van der Waals surface area contributed by atoms with Crippen LogP contribution in [0.5, 0.6) is 0 Å². The maximum absolute atomic E-state index is 8.67. The Balaban J connectivity index is 3.96. The van der Waals surface area contributed by atoms with E-state index in [9.17, 15) is 0 Å². The lowest BCUT2D eigenvalue weighted by atomic mass is 9.89. The fourth-order valence-corrected chi connectivity index (χ4v) is 0.993. The maximum atomic E-state index is 8.67. The Bertz CT molecular complexity index is 124. The Labute approximate surface area is 63.0 Å². The maximum Gasteiger partial charge on any atom is 0.0674 e. The Hall–Kier alpha value is -0.550. The molecular formula is C8H16N2. The van der Waals surface area contributed by atoms with Crippen molar-refractivity contribution >= 4 is 0 Å². The quantitative estimate of drug-likeness (QED) is 0.646. The summed E-state index contributed by atoms with van der Waals surface area (Å²) in [5.41, 5.74) is 5.71. The van der Waals surface area contributed by atoms with Gasteiger partial charge in [-0.2, -0.15) is 5.26 Å². The third-order valence-electron chi connectivity index (χ3n) is 1.80. The van der Waals surface area contributed by atoms with Gasteiger partial charge in [0.1, 0.15) is 0 Å². The molecule has 0 saturated heterocycles. The second kappa shape index (κ2) is 4.29. The molecule has 2 N–H and O–H groups in total. The molecule has 0 aliphatic rings. The summed E-state index contributed by atoms with van der Waals surface area (Å²) < 4.78 is 0. The van der Waals surface area contributed by atoms with Gasteiger partial charge in [-0.05, 0) is 12.3 Å². The molecule has 2 heteroatoms. The fourth-order valence-electron chi connectivity index (χ4n) is 0.993. The monoisotopic (exact) mass is 140 g/mol. The van der Waals surface area contributed by atoms with Crippen molar-refractivity contribution in [1.29, 1.82) is 5.26 Å². The third-order valence-corrected chi connectivity index (χ3v) is 1.80. The highest BCUT2D eigenvalue weighted by Crippen LogP contribution is 2.14. The third kappa shape index (κ3) is 2.36. The molecule has 10 heavy (non-hydrogen) atoms. The van der Waals surface area contributed by atoms with E-state index in [1.165, 1.54) is 0 Å². The molecule has 0 saturated carbocycles. The van der Waals surface area contributed by atoms with E-state index in [2.05, 4.69) is 6.07 Å². The van der Waals surface area contributed by atoms with Crippen LogP contribution in [0.1, 0.15) is 27.2 Å². The molecule has 2 atom stereocenters. The molecule has 0 aromatic carbocycles. The smallest absolute Gasteiger partial charge is 0.0674 e. The van der Waals surface area contributed by atoms with Gasteiger partial charge in [-0.15, -0.1) is 0 Å². The van der Waals surface area contributed by atoms with Crippen molar-refractivity contribution in [3.63, 3.8) is 0 Å². The highest BCUT2D eigenvalue weighted by Gasteiger charge is 2.18. The summed E-state index contributed by atoms with van der Waals surface area (Å²) in [6, 6.07) is 2.27. The lowest BCUT2D eigenvalue weighted by molar-refractivity contribution is 0.388. The van der Waals surface area contributed by atoms with Gasteiger partial charge in [-0.1, -0.05) is 20.8 Å². The summed E-state index contributed by atoms with van der Waals surface area (Å²) in [5.74, 6) is 0.393. The Morgan fingerprint density at radius 2 is 2.00 bits per heavy atom. The summed E-state index contributed by atoms with van der Waals surface area (Å²) in [4.78, 5) is 0. The molecule has 58 valence electrons. The van der Waals surface area contributed by atoms with Crippen molar-refractivity contribution in [2.45, 2.75) is 33.2 Å². The van der Waals surface area contributed by atoms with E-state index in [0.717, 1.165) is 6.42 Å².